The van der Waals surface area contributed by atoms with E-state index in [1.807, 2.05) is 24.3 Å². The van der Waals surface area contributed by atoms with Crippen molar-refractivity contribution in [2.24, 2.45) is 5.73 Å². The van der Waals surface area contributed by atoms with Crippen LogP contribution in [-0.2, 0) is 13.1 Å². The van der Waals surface area contributed by atoms with Crippen LogP contribution in [0.4, 0.5) is 4.39 Å². The van der Waals surface area contributed by atoms with E-state index in [1.165, 1.54) is 12.1 Å². The second kappa shape index (κ2) is 8.26. The third kappa shape index (κ3) is 3.83. The van der Waals surface area contributed by atoms with E-state index < -0.39 is 5.91 Å². The molecule has 0 radical (unpaired) electrons. The topological polar surface area (TPSA) is 101 Å². The number of carbonyl (C=O) groups is 1. The zero-order valence-corrected chi connectivity index (χ0v) is 16.0. The van der Waals surface area contributed by atoms with Gasteiger partial charge in [-0.15, -0.1) is 0 Å². The summed E-state index contributed by atoms with van der Waals surface area (Å²) in [6, 6.07) is 16.9. The van der Waals surface area contributed by atoms with Crippen molar-refractivity contribution in [3.63, 3.8) is 0 Å². The molecule has 30 heavy (non-hydrogen) atoms. The molecule has 1 amide bonds. The van der Waals surface area contributed by atoms with Crippen LogP contribution < -0.4 is 11.1 Å². The van der Waals surface area contributed by atoms with Crippen LogP contribution in [0.2, 0.25) is 0 Å². The number of aromatic nitrogens is 2. The van der Waals surface area contributed by atoms with E-state index in [4.69, 9.17) is 5.73 Å². The summed E-state index contributed by atoms with van der Waals surface area (Å²) >= 11 is 0. The lowest BCUT2D eigenvalue weighted by Crippen LogP contribution is -2.24. The first kappa shape index (κ1) is 19.5. The van der Waals surface area contributed by atoms with Crippen LogP contribution in [0.15, 0.2) is 66.9 Å². The van der Waals surface area contributed by atoms with Gasteiger partial charge in [0.2, 0.25) is 0 Å². The zero-order valence-electron chi connectivity index (χ0n) is 16.0. The number of aromatic hydroxyl groups is 1. The van der Waals surface area contributed by atoms with Crippen LogP contribution in [0.5, 0.6) is 5.75 Å². The summed E-state index contributed by atoms with van der Waals surface area (Å²) in [5, 5.41) is 14.0. The van der Waals surface area contributed by atoms with Gasteiger partial charge in [-0.25, -0.2) is 9.37 Å². The highest BCUT2D eigenvalue weighted by Gasteiger charge is 2.20. The smallest absolute Gasteiger partial charge is 0.274 e. The Morgan fingerprint density at radius 3 is 2.43 bits per heavy atom. The summed E-state index contributed by atoms with van der Waals surface area (Å²) in [4.78, 5) is 21.5. The van der Waals surface area contributed by atoms with Gasteiger partial charge in [-0.3, -0.25) is 9.78 Å². The summed E-state index contributed by atoms with van der Waals surface area (Å²) < 4.78 is 13.1. The first-order chi connectivity index (χ1) is 14.6. The van der Waals surface area contributed by atoms with E-state index in [0.29, 0.717) is 17.6 Å². The minimum Gasteiger partial charge on any atom is -0.504 e. The number of hydrogen-bond donors (Lipinski definition) is 3. The van der Waals surface area contributed by atoms with E-state index in [9.17, 15) is 14.3 Å². The molecular weight excluding hydrogens is 383 g/mol. The van der Waals surface area contributed by atoms with Crippen molar-refractivity contribution in [2.45, 2.75) is 13.1 Å². The molecule has 0 unspecified atom stereocenters. The van der Waals surface area contributed by atoms with Crippen molar-refractivity contribution in [3.05, 3.63) is 89.5 Å². The molecule has 2 heterocycles. The lowest BCUT2D eigenvalue weighted by Gasteiger charge is -2.12. The highest BCUT2D eigenvalue weighted by Crippen LogP contribution is 2.33. The number of fused-ring (bicyclic) bond motifs is 1. The molecule has 2 aromatic heterocycles. The van der Waals surface area contributed by atoms with Gasteiger partial charge in [-0.2, -0.15) is 0 Å². The third-order valence-corrected chi connectivity index (χ3v) is 4.78. The van der Waals surface area contributed by atoms with Crippen LogP contribution in [0.25, 0.3) is 22.2 Å². The van der Waals surface area contributed by atoms with Crippen molar-refractivity contribution in [1.29, 1.82) is 0 Å². The quantitative estimate of drug-likeness (QED) is 0.474. The average Bonchev–Trinajstić information content (AvgIpc) is 2.79. The number of carbonyl (C=O) groups excluding carboxylic acids is 1. The largest absolute Gasteiger partial charge is 0.504 e. The van der Waals surface area contributed by atoms with Gasteiger partial charge in [-0.05, 0) is 35.4 Å². The fourth-order valence-corrected chi connectivity index (χ4v) is 3.17. The van der Waals surface area contributed by atoms with Crippen molar-refractivity contribution < 1.29 is 14.3 Å². The van der Waals surface area contributed by atoms with E-state index in [2.05, 4.69) is 15.3 Å². The summed E-state index contributed by atoms with van der Waals surface area (Å²) in [7, 11) is 0. The zero-order chi connectivity index (χ0) is 21.1. The standard InChI is InChI=1S/C23H19FN4O2/c24-17-9-5-15(6-10-17)13-27-23(30)21-22(29)20-18(2-1-11-26-20)19(28-21)16-7-3-14(12-25)4-8-16/h1-11,29H,12-13,25H2,(H,27,30). The normalized spacial score (nSPS) is 10.9. The minimum atomic E-state index is -0.552. The molecule has 0 fully saturated rings. The Bertz CT molecular complexity index is 1210. The van der Waals surface area contributed by atoms with Gasteiger partial charge < -0.3 is 16.2 Å². The molecule has 2 aromatic carbocycles. The number of nitrogens with zero attached hydrogens (tertiary/aromatic N) is 2. The lowest BCUT2D eigenvalue weighted by atomic mass is 10.0. The van der Waals surface area contributed by atoms with Gasteiger partial charge in [0.15, 0.2) is 11.4 Å². The molecule has 0 saturated heterocycles. The Labute approximate surface area is 172 Å². The number of nitrogens with one attached hydrogen (secondary N) is 1. The highest BCUT2D eigenvalue weighted by molar-refractivity contribution is 6.04. The molecule has 0 saturated carbocycles. The van der Waals surface area contributed by atoms with Crippen molar-refractivity contribution in [1.82, 2.24) is 15.3 Å². The number of rotatable bonds is 5. The lowest BCUT2D eigenvalue weighted by molar-refractivity contribution is 0.0943. The van der Waals surface area contributed by atoms with Crippen LogP contribution in [-0.4, -0.2) is 21.0 Å². The van der Waals surface area contributed by atoms with Crippen LogP contribution >= 0.6 is 0 Å². The molecule has 0 aliphatic rings. The summed E-state index contributed by atoms with van der Waals surface area (Å²) in [5.74, 6) is -1.19. The number of pyridine rings is 2. The first-order valence-corrected chi connectivity index (χ1v) is 9.36. The second-order valence-corrected chi connectivity index (χ2v) is 6.77. The Hall–Kier alpha value is -3.84. The molecular formula is C23H19FN4O2. The number of benzene rings is 2. The van der Waals surface area contributed by atoms with Gasteiger partial charge in [0.1, 0.15) is 11.3 Å². The van der Waals surface area contributed by atoms with Crippen LogP contribution in [0, 0.1) is 5.82 Å². The van der Waals surface area contributed by atoms with Crippen molar-refractivity contribution >= 4 is 16.8 Å². The fraction of sp³-hybridized carbons (Fsp3) is 0.0870. The fourth-order valence-electron chi connectivity index (χ4n) is 3.17. The maximum absolute atomic E-state index is 13.1. The van der Waals surface area contributed by atoms with E-state index in [1.54, 1.807) is 30.5 Å². The molecule has 0 atom stereocenters. The average molecular weight is 402 g/mol. The van der Waals surface area contributed by atoms with Gasteiger partial charge in [-0.1, -0.05) is 36.4 Å². The van der Waals surface area contributed by atoms with Crippen LogP contribution in [0.1, 0.15) is 21.6 Å². The van der Waals surface area contributed by atoms with E-state index in [-0.39, 0.29) is 29.3 Å². The summed E-state index contributed by atoms with van der Waals surface area (Å²) in [6.45, 7) is 0.587. The second-order valence-electron chi connectivity index (χ2n) is 6.77. The highest BCUT2D eigenvalue weighted by atomic mass is 19.1. The maximum atomic E-state index is 13.1. The number of halogens is 1. The van der Waals surface area contributed by atoms with E-state index in [0.717, 1.165) is 16.7 Å². The Balaban J connectivity index is 1.72. The van der Waals surface area contributed by atoms with Gasteiger partial charge in [0.05, 0.1) is 5.69 Å². The molecule has 4 aromatic rings. The Morgan fingerprint density at radius 2 is 1.73 bits per heavy atom. The number of nitrogens with two attached hydrogens (primary N) is 1. The van der Waals surface area contributed by atoms with Gasteiger partial charge in [0, 0.05) is 30.2 Å². The maximum Gasteiger partial charge on any atom is 0.274 e. The number of amides is 1. The molecule has 0 bridgehead atoms. The minimum absolute atomic E-state index is 0.124. The molecule has 150 valence electrons. The van der Waals surface area contributed by atoms with Crippen LogP contribution in [0.3, 0.4) is 0 Å². The Morgan fingerprint density at radius 1 is 1.03 bits per heavy atom. The van der Waals surface area contributed by atoms with Crippen molar-refractivity contribution in [2.75, 3.05) is 0 Å². The van der Waals surface area contributed by atoms with Gasteiger partial charge >= 0.3 is 0 Å². The monoisotopic (exact) mass is 402 g/mol. The SMILES string of the molecule is NCc1ccc(-c2nc(C(=O)NCc3ccc(F)cc3)c(O)c3ncccc23)cc1. The molecule has 7 heteroatoms. The molecule has 0 spiro atoms. The molecule has 4 N–H and O–H groups in total. The summed E-state index contributed by atoms with van der Waals surface area (Å²) in [6.07, 6.45) is 1.55. The predicted octanol–water partition coefficient (Wildman–Crippen LogP) is 3.53. The van der Waals surface area contributed by atoms with Gasteiger partial charge in [0.25, 0.3) is 5.91 Å². The first-order valence-electron chi connectivity index (χ1n) is 9.36. The molecule has 4 rings (SSSR count). The molecule has 0 aliphatic carbocycles. The molecule has 6 nitrogen and oxygen atoms in total. The molecule has 0 aliphatic heterocycles. The van der Waals surface area contributed by atoms with E-state index >= 15 is 0 Å². The predicted molar refractivity (Wildman–Crippen MR) is 112 cm³/mol. The van der Waals surface area contributed by atoms with Crippen molar-refractivity contribution in [3.8, 4) is 17.0 Å². The summed E-state index contributed by atoms with van der Waals surface area (Å²) in [5.41, 5.74) is 8.84. The Kier molecular flexibility index (Phi) is 5.36. The third-order valence-electron chi connectivity index (χ3n) is 4.78. The number of hydrogen-bond acceptors (Lipinski definition) is 5.